The smallest absolute Gasteiger partial charge is 0.123 e. The van der Waals surface area contributed by atoms with Gasteiger partial charge < -0.3 is 9.64 Å². The number of nitrogens with zero attached hydrogens (tertiary/aromatic N) is 1. The standard InChI is InChI=1S/C29H40FNO/c1-23(24-14-16-27(30)17-15-24)26(18-21-31-19-8-3-9-20-31)22-32-29-13-7-6-12-28(29)25-10-4-2-5-11-25/h6-7,12-17,23,25-26H,2-5,8-11,18-22H2,1H3. The van der Waals surface area contributed by atoms with Gasteiger partial charge in [0, 0.05) is 5.92 Å². The second kappa shape index (κ2) is 11.8. The number of likely N-dealkylation sites (tertiary alicyclic amines) is 1. The molecule has 0 spiro atoms. The topological polar surface area (TPSA) is 12.5 Å². The van der Waals surface area contributed by atoms with E-state index in [1.54, 1.807) is 12.1 Å². The van der Waals surface area contributed by atoms with Crippen LogP contribution in [-0.2, 0) is 0 Å². The molecule has 2 fully saturated rings. The van der Waals surface area contributed by atoms with Crippen LogP contribution in [0.25, 0.3) is 0 Å². The summed E-state index contributed by atoms with van der Waals surface area (Å²) in [4.78, 5) is 2.61. The molecule has 32 heavy (non-hydrogen) atoms. The molecular weight excluding hydrogens is 397 g/mol. The summed E-state index contributed by atoms with van der Waals surface area (Å²) in [5.74, 6) is 2.29. The van der Waals surface area contributed by atoms with Crippen LogP contribution in [0.1, 0.15) is 87.7 Å². The van der Waals surface area contributed by atoms with Crippen LogP contribution in [0.4, 0.5) is 4.39 Å². The second-order valence-corrected chi connectivity index (χ2v) is 9.98. The van der Waals surface area contributed by atoms with Crippen molar-refractivity contribution in [2.45, 2.75) is 76.5 Å². The van der Waals surface area contributed by atoms with E-state index in [9.17, 15) is 4.39 Å². The van der Waals surface area contributed by atoms with Gasteiger partial charge >= 0.3 is 0 Å². The van der Waals surface area contributed by atoms with Crippen LogP contribution in [0.5, 0.6) is 5.75 Å². The average Bonchev–Trinajstić information content (AvgIpc) is 2.85. The summed E-state index contributed by atoms with van der Waals surface area (Å²) < 4.78 is 20.1. The SMILES string of the molecule is CC(c1ccc(F)cc1)C(CCN1CCCCC1)COc1ccccc1C1CCCCC1. The van der Waals surface area contributed by atoms with Gasteiger partial charge in [-0.2, -0.15) is 0 Å². The quantitative estimate of drug-likeness (QED) is 0.401. The van der Waals surface area contributed by atoms with Gasteiger partial charge in [-0.1, -0.05) is 62.9 Å². The summed E-state index contributed by atoms with van der Waals surface area (Å²) in [6, 6.07) is 15.8. The molecule has 1 saturated heterocycles. The number of ether oxygens (including phenoxy) is 1. The van der Waals surface area contributed by atoms with Crippen molar-refractivity contribution in [2.75, 3.05) is 26.2 Å². The zero-order valence-corrected chi connectivity index (χ0v) is 19.8. The summed E-state index contributed by atoms with van der Waals surface area (Å²) in [5.41, 5.74) is 2.61. The van der Waals surface area contributed by atoms with Gasteiger partial charge in [-0.3, -0.25) is 0 Å². The van der Waals surface area contributed by atoms with E-state index in [2.05, 4.69) is 36.1 Å². The first-order valence-corrected chi connectivity index (χ1v) is 12.9. The molecule has 2 aromatic carbocycles. The van der Waals surface area contributed by atoms with Crippen LogP contribution in [0, 0.1) is 11.7 Å². The molecule has 1 saturated carbocycles. The monoisotopic (exact) mass is 437 g/mol. The molecule has 1 heterocycles. The van der Waals surface area contributed by atoms with E-state index in [1.165, 1.54) is 75.6 Å². The van der Waals surface area contributed by atoms with E-state index in [4.69, 9.17) is 4.74 Å². The van der Waals surface area contributed by atoms with Gasteiger partial charge in [-0.15, -0.1) is 0 Å². The summed E-state index contributed by atoms with van der Waals surface area (Å²) in [6.45, 7) is 6.58. The molecule has 2 unspecified atom stereocenters. The maximum atomic E-state index is 13.5. The van der Waals surface area contributed by atoms with Crippen molar-refractivity contribution in [3.8, 4) is 5.75 Å². The zero-order valence-electron chi connectivity index (χ0n) is 19.8. The highest BCUT2D eigenvalue weighted by atomic mass is 19.1. The number of rotatable bonds is 9. The van der Waals surface area contributed by atoms with Gasteiger partial charge in [0.15, 0.2) is 0 Å². The molecule has 2 aliphatic rings. The molecule has 3 heteroatoms. The molecule has 0 amide bonds. The normalized spacial score (nSPS) is 20.1. The van der Waals surface area contributed by atoms with E-state index in [0.29, 0.717) is 17.8 Å². The van der Waals surface area contributed by atoms with E-state index in [1.807, 2.05) is 12.1 Å². The zero-order chi connectivity index (χ0) is 22.2. The highest BCUT2D eigenvalue weighted by Gasteiger charge is 2.24. The number of para-hydroxylation sites is 1. The second-order valence-electron chi connectivity index (χ2n) is 9.98. The van der Waals surface area contributed by atoms with Crippen molar-refractivity contribution in [2.24, 2.45) is 5.92 Å². The van der Waals surface area contributed by atoms with E-state index in [-0.39, 0.29) is 5.82 Å². The first-order chi connectivity index (χ1) is 15.7. The highest BCUT2D eigenvalue weighted by Crippen LogP contribution is 2.38. The van der Waals surface area contributed by atoms with Crippen LogP contribution >= 0.6 is 0 Å². The van der Waals surface area contributed by atoms with Gasteiger partial charge in [0.25, 0.3) is 0 Å². The maximum Gasteiger partial charge on any atom is 0.123 e. The maximum absolute atomic E-state index is 13.5. The van der Waals surface area contributed by atoms with Crippen LogP contribution in [0.3, 0.4) is 0 Å². The van der Waals surface area contributed by atoms with Crippen molar-refractivity contribution in [1.29, 1.82) is 0 Å². The largest absolute Gasteiger partial charge is 0.493 e. The van der Waals surface area contributed by atoms with Crippen molar-refractivity contribution in [1.82, 2.24) is 4.90 Å². The minimum atomic E-state index is -0.163. The summed E-state index contributed by atoms with van der Waals surface area (Å²) in [5, 5.41) is 0. The Hall–Kier alpha value is -1.87. The van der Waals surface area contributed by atoms with Crippen molar-refractivity contribution >= 4 is 0 Å². The summed E-state index contributed by atoms with van der Waals surface area (Å²) >= 11 is 0. The Kier molecular flexibility index (Phi) is 8.62. The lowest BCUT2D eigenvalue weighted by molar-refractivity contribution is 0.172. The Morgan fingerprint density at radius 2 is 1.59 bits per heavy atom. The fourth-order valence-electron chi connectivity index (χ4n) is 5.61. The van der Waals surface area contributed by atoms with Crippen LogP contribution in [-0.4, -0.2) is 31.1 Å². The lowest BCUT2D eigenvalue weighted by Gasteiger charge is -2.31. The molecule has 174 valence electrons. The molecule has 1 aliphatic heterocycles. The number of halogens is 1. The van der Waals surface area contributed by atoms with Gasteiger partial charge in [0.2, 0.25) is 0 Å². The molecule has 4 rings (SSSR count). The van der Waals surface area contributed by atoms with Crippen LogP contribution in [0.15, 0.2) is 48.5 Å². The lowest BCUT2D eigenvalue weighted by atomic mass is 9.83. The molecule has 0 N–H and O–H groups in total. The Labute approximate surface area is 194 Å². The third-order valence-corrected chi connectivity index (χ3v) is 7.78. The Bertz CT molecular complexity index is 808. The van der Waals surface area contributed by atoms with Crippen LogP contribution in [0.2, 0.25) is 0 Å². The number of piperidine rings is 1. The van der Waals surface area contributed by atoms with Crippen molar-refractivity contribution in [3.63, 3.8) is 0 Å². The van der Waals surface area contributed by atoms with Gasteiger partial charge in [-0.05, 0) is 92.9 Å². The lowest BCUT2D eigenvalue weighted by Crippen LogP contribution is -2.33. The van der Waals surface area contributed by atoms with Crippen molar-refractivity contribution < 1.29 is 9.13 Å². The number of hydrogen-bond acceptors (Lipinski definition) is 2. The Morgan fingerprint density at radius 1 is 0.906 bits per heavy atom. The fourth-order valence-corrected chi connectivity index (χ4v) is 5.61. The molecule has 2 atom stereocenters. The van der Waals surface area contributed by atoms with Crippen molar-refractivity contribution in [3.05, 3.63) is 65.5 Å². The highest BCUT2D eigenvalue weighted by molar-refractivity contribution is 5.36. The van der Waals surface area contributed by atoms with Crippen LogP contribution < -0.4 is 4.74 Å². The third kappa shape index (κ3) is 6.34. The molecule has 0 bridgehead atoms. The van der Waals surface area contributed by atoms with E-state index < -0.39 is 0 Å². The predicted molar refractivity (Wildman–Crippen MR) is 131 cm³/mol. The number of benzene rings is 2. The summed E-state index contributed by atoms with van der Waals surface area (Å²) in [6.07, 6.45) is 11.7. The third-order valence-electron chi connectivity index (χ3n) is 7.78. The Morgan fingerprint density at radius 3 is 2.34 bits per heavy atom. The van der Waals surface area contributed by atoms with E-state index in [0.717, 1.165) is 25.3 Å². The van der Waals surface area contributed by atoms with E-state index >= 15 is 0 Å². The average molecular weight is 438 g/mol. The molecule has 2 aromatic rings. The first kappa shape index (κ1) is 23.3. The molecule has 0 aromatic heterocycles. The molecule has 2 nitrogen and oxygen atoms in total. The summed E-state index contributed by atoms with van der Waals surface area (Å²) in [7, 11) is 0. The molecular formula is C29H40FNO. The minimum absolute atomic E-state index is 0.163. The van der Waals surface area contributed by atoms with Gasteiger partial charge in [0.1, 0.15) is 11.6 Å². The first-order valence-electron chi connectivity index (χ1n) is 12.9. The fraction of sp³-hybridized carbons (Fsp3) is 0.586. The minimum Gasteiger partial charge on any atom is -0.493 e. The number of hydrogen-bond donors (Lipinski definition) is 0. The predicted octanol–water partition coefficient (Wildman–Crippen LogP) is 7.55. The van der Waals surface area contributed by atoms with Gasteiger partial charge in [-0.25, -0.2) is 4.39 Å². The van der Waals surface area contributed by atoms with Gasteiger partial charge in [0.05, 0.1) is 6.61 Å². The Balaban J connectivity index is 1.45. The molecule has 0 radical (unpaired) electrons. The molecule has 1 aliphatic carbocycles.